The van der Waals surface area contributed by atoms with Crippen molar-refractivity contribution >= 4 is 21.4 Å². The fraction of sp³-hybridized carbons (Fsp3) is 0.250. The molecule has 4 nitrogen and oxygen atoms in total. The standard InChI is InChI=1S/C16H20N2O2S/c1-4-17-14-10-5-6-11-15(14)21(19,20)18-16-12(2)8-7-9-13(16)3/h5-11,17-18H,4H2,1-3H3. The number of hydrogen-bond donors (Lipinski definition) is 2. The summed E-state index contributed by atoms with van der Waals surface area (Å²) < 4.78 is 28.0. The zero-order valence-corrected chi connectivity index (χ0v) is 13.3. The molecule has 21 heavy (non-hydrogen) atoms. The molecule has 0 aromatic heterocycles. The molecule has 2 aromatic rings. The molecule has 112 valence electrons. The first-order valence-corrected chi connectivity index (χ1v) is 8.36. The van der Waals surface area contributed by atoms with Crippen molar-refractivity contribution in [2.45, 2.75) is 25.7 Å². The van der Waals surface area contributed by atoms with Crippen molar-refractivity contribution in [3.63, 3.8) is 0 Å². The van der Waals surface area contributed by atoms with E-state index in [1.54, 1.807) is 18.2 Å². The number of rotatable bonds is 5. The van der Waals surface area contributed by atoms with Crippen LogP contribution >= 0.6 is 0 Å². The zero-order chi connectivity index (χ0) is 15.5. The highest BCUT2D eigenvalue weighted by Gasteiger charge is 2.19. The van der Waals surface area contributed by atoms with Crippen LogP contribution in [0.5, 0.6) is 0 Å². The van der Waals surface area contributed by atoms with Crippen molar-refractivity contribution in [3.8, 4) is 0 Å². The molecule has 2 aromatic carbocycles. The van der Waals surface area contributed by atoms with Gasteiger partial charge >= 0.3 is 0 Å². The van der Waals surface area contributed by atoms with Crippen LogP contribution in [0.2, 0.25) is 0 Å². The molecular weight excluding hydrogens is 284 g/mol. The van der Waals surface area contributed by atoms with E-state index in [4.69, 9.17) is 0 Å². The fourth-order valence-electron chi connectivity index (χ4n) is 2.20. The van der Waals surface area contributed by atoms with Crippen molar-refractivity contribution in [1.29, 1.82) is 0 Å². The molecule has 0 unspecified atom stereocenters. The molecule has 0 aliphatic heterocycles. The lowest BCUT2D eigenvalue weighted by Gasteiger charge is -2.15. The highest BCUT2D eigenvalue weighted by molar-refractivity contribution is 7.92. The molecule has 5 heteroatoms. The number of aryl methyl sites for hydroxylation is 2. The Hall–Kier alpha value is -2.01. The van der Waals surface area contributed by atoms with E-state index < -0.39 is 10.0 Å². The Labute approximate surface area is 126 Å². The number of hydrogen-bond acceptors (Lipinski definition) is 3. The van der Waals surface area contributed by atoms with Gasteiger partial charge in [-0.2, -0.15) is 0 Å². The van der Waals surface area contributed by atoms with Gasteiger partial charge in [-0.25, -0.2) is 8.42 Å². The summed E-state index contributed by atoms with van der Waals surface area (Å²) in [5.41, 5.74) is 3.06. The summed E-state index contributed by atoms with van der Waals surface area (Å²) in [6, 6.07) is 12.6. The molecule has 0 atom stereocenters. The average molecular weight is 304 g/mol. The van der Waals surface area contributed by atoms with Gasteiger partial charge in [0.1, 0.15) is 4.90 Å². The van der Waals surface area contributed by atoms with Crippen LogP contribution in [0.15, 0.2) is 47.4 Å². The van der Waals surface area contributed by atoms with Crippen LogP contribution in [0.4, 0.5) is 11.4 Å². The van der Waals surface area contributed by atoms with E-state index in [0.717, 1.165) is 11.1 Å². The van der Waals surface area contributed by atoms with Crippen molar-refractivity contribution in [3.05, 3.63) is 53.6 Å². The van der Waals surface area contributed by atoms with Gasteiger partial charge in [0.05, 0.1) is 11.4 Å². The molecule has 0 bridgehead atoms. The molecule has 0 radical (unpaired) electrons. The lowest BCUT2D eigenvalue weighted by Crippen LogP contribution is -2.16. The summed E-state index contributed by atoms with van der Waals surface area (Å²) in [5, 5.41) is 3.08. The number of sulfonamides is 1. The first kappa shape index (κ1) is 15.4. The molecule has 0 saturated heterocycles. The van der Waals surface area contributed by atoms with Crippen LogP contribution in [-0.4, -0.2) is 15.0 Å². The summed E-state index contributed by atoms with van der Waals surface area (Å²) in [4.78, 5) is 0.259. The second-order valence-corrected chi connectivity index (χ2v) is 6.55. The molecule has 2 N–H and O–H groups in total. The van der Waals surface area contributed by atoms with Gasteiger partial charge in [0.15, 0.2) is 0 Å². The topological polar surface area (TPSA) is 58.2 Å². The molecule has 0 amide bonds. The van der Waals surface area contributed by atoms with E-state index in [0.29, 0.717) is 17.9 Å². The average Bonchev–Trinajstić information content (AvgIpc) is 2.44. The Morgan fingerprint density at radius 3 is 2.19 bits per heavy atom. The van der Waals surface area contributed by atoms with Gasteiger partial charge in [0.25, 0.3) is 10.0 Å². The van der Waals surface area contributed by atoms with E-state index in [2.05, 4.69) is 10.0 Å². The van der Waals surface area contributed by atoms with Gasteiger partial charge in [-0.05, 0) is 44.0 Å². The first-order valence-electron chi connectivity index (χ1n) is 6.87. The van der Waals surface area contributed by atoms with Crippen LogP contribution in [0, 0.1) is 13.8 Å². The van der Waals surface area contributed by atoms with E-state index in [1.807, 2.05) is 45.0 Å². The van der Waals surface area contributed by atoms with Crippen molar-refractivity contribution in [2.24, 2.45) is 0 Å². The third kappa shape index (κ3) is 3.36. The van der Waals surface area contributed by atoms with Crippen LogP contribution in [0.25, 0.3) is 0 Å². The van der Waals surface area contributed by atoms with Crippen LogP contribution in [0.3, 0.4) is 0 Å². The summed E-state index contributed by atoms with van der Waals surface area (Å²) in [6.07, 6.45) is 0. The van der Waals surface area contributed by atoms with E-state index >= 15 is 0 Å². The lowest BCUT2D eigenvalue weighted by atomic mass is 10.1. The predicted octanol–water partition coefficient (Wildman–Crippen LogP) is 3.54. The molecule has 0 saturated carbocycles. The van der Waals surface area contributed by atoms with Crippen molar-refractivity contribution in [1.82, 2.24) is 0 Å². The minimum atomic E-state index is -3.62. The second kappa shape index (κ2) is 6.18. The summed E-state index contributed by atoms with van der Waals surface area (Å²) in [5.74, 6) is 0. The number of benzene rings is 2. The van der Waals surface area contributed by atoms with E-state index in [-0.39, 0.29) is 4.90 Å². The van der Waals surface area contributed by atoms with Crippen molar-refractivity contribution in [2.75, 3.05) is 16.6 Å². The van der Waals surface area contributed by atoms with Crippen LogP contribution in [0.1, 0.15) is 18.1 Å². The Kier molecular flexibility index (Phi) is 4.53. The van der Waals surface area contributed by atoms with Gasteiger partial charge in [0.2, 0.25) is 0 Å². The largest absolute Gasteiger partial charge is 0.384 e. The SMILES string of the molecule is CCNc1ccccc1S(=O)(=O)Nc1c(C)cccc1C. The van der Waals surface area contributed by atoms with Crippen LogP contribution < -0.4 is 10.0 Å². The maximum absolute atomic E-state index is 12.7. The zero-order valence-electron chi connectivity index (χ0n) is 12.5. The summed E-state index contributed by atoms with van der Waals surface area (Å²) in [6.45, 7) is 6.38. The minimum Gasteiger partial charge on any atom is -0.384 e. The molecule has 0 spiro atoms. The minimum absolute atomic E-state index is 0.259. The van der Waals surface area contributed by atoms with Gasteiger partial charge in [-0.1, -0.05) is 30.3 Å². The monoisotopic (exact) mass is 304 g/mol. The van der Waals surface area contributed by atoms with Gasteiger partial charge < -0.3 is 5.32 Å². The highest BCUT2D eigenvalue weighted by atomic mass is 32.2. The van der Waals surface area contributed by atoms with Crippen molar-refractivity contribution < 1.29 is 8.42 Å². The number of para-hydroxylation sites is 2. The molecule has 0 heterocycles. The quantitative estimate of drug-likeness (QED) is 0.888. The smallest absolute Gasteiger partial charge is 0.263 e. The predicted molar refractivity (Wildman–Crippen MR) is 87.3 cm³/mol. The third-order valence-electron chi connectivity index (χ3n) is 3.26. The second-order valence-electron chi connectivity index (χ2n) is 4.90. The first-order chi connectivity index (χ1) is 9.95. The Morgan fingerprint density at radius 1 is 0.952 bits per heavy atom. The molecular formula is C16H20N2O2S. The molecule has 0 aliphatic rings. The molecule has 0 fully saturated rings. The van der Waals surface area contributed by atoms with Gasteiger partial charge in [0, 0.05) is 6.54 Å². The molecule has 2 rings (SSSR count). The van der Waals surface area contributed by atoms with Gasteiger partial charge in [-0.15, -0.1) is 0 Å². The Morgan fingerprint density at radius 2 is 1.57 bits per heavy atom. The maximum atomic E-state index is 12.7. The van der Waals surface area contributed by atoms with E-state index in [1.165, 1.54) is 0 Å². The number of anilines is 2. The van der Waals surface area contributed by atoms with Gasteiger partial charge in [-0.3, -0.25) is 4.72 Å². The Balaban J connectivity index is 2.44. The lowest BCUT2D eigenvalue weighted by molar-refractivity contribution is 0.601. The summed E-state index contributed by atoms with van der Waals surface area (Å²) >= 11 is 0. The molecule has 0 aliphatic carbocycles. The third-order valence-corrected chi connectivity index (χ3v) is 4.67. The maximum Gasteiger partial charge on any atom is 0.263 e. The number of nitrogens with one attached hydrogen (secondary N) is 2. The highest BCUT2D eigenvalue weighted by Crippen LogP contribution is 2.26. The normalized spacial score (nSPS) is 11.2. The summed E-state index contributed by atoms with van der Waals surface area (Å²) in [7, 11) is -3.62. The van der Waals surface area contributed by atoms with Crippen LogP contribution in [-0.2, 0) is 10.0 Å². The Bertz CT molecular complexity index is 719. The fourth-order valence-corrected chi connectivity index (χ4v) is 3.59. The van der Waals surface area contributed by atoms with E-state index in [9.17, 15) is 8.42 Å².